The molecule has 0 unspecified atom stereocenters. The Morgan fingerprint density at radius 1 is 1.11 bits per heavy atom. The molecular weight excluding hydrogens is 350 g/mol. The zero-order chi connectivity index (χ0) is 20.4. The molecule has 0 N–H and O–H groups in total. The van der Waals surface area contributed by atoms with Crippen LogP contribution in [0.3, 0.4) is 0 Å². The van der Waals surface area contributed by atoms with Crippen molar-refractivity contribution >= 4 is 11.9 Å². The summed E-state index contributed by atoms with van der Waals surface area (Å²) < 4.78 is 24.0. The van der Waals surface area contributed by atoms with Crippen LogP contribution >= 0.6 is 0 Å². The van der Waals surface area contributed by atoms with E-state index in [2.05, 4.69) is 0 Å². The Kier molecular flexibility index (Phi) is 4.69. The average molecular weight is 383 g/mol. The molecule has 4 atom stereocenters. The third-order valence-corrected chi connectivity index (χ3v) is 6.28. The normalized spacial score (nSPS) is 36.9. The van der Waals surface area contributed by atoms with Gasteiger partial charge in [0.1, 0.15) is 29.2 Å². The minimum Gasteiger partial charge on any atom is -0.444 e. The number of amides is 1. The first kappa shape index (κ1) is 20.6. The second-order valence-corrected chi connectivity index (χ2v) is 9.68. The van der Waals surface area contributed by atoms with E-state index < -0.39 is 46.7 Å². The summed E-state index contributed by atoms with van der Waals surface area (Å²) in [6.45, 7) is 13.1. The molecule has 2 heterocycles. The second-order valence-electron chi connectivity index (χ2n) is 9.68. The Hall–Kier alpha value is -1.18. The number of fused-ring (bicyclic) bond motifs is 1. The Balaban J connectivity index is 1.96. The van der Waals surface area contributed by atoms with Crippen molar-refractivity contribution in [2.45, 2.75) is 96.0 Å². The van der Waals surface area contributed by atoms with Crippen molar-refractivity contribution in [2.24, 2.45) is 5.92 Å². The number of carbonyl (C=O) groups is 2. The van der Waals surface area contributed by atoms with Crippen molar-refractivity contribution in [3.8, 4) is 0 Å². The summed E-state index contributed by atoms with van der Waals surface area (Å²) in [5.41, 5.74) is -1.89. The first-order valence-electron chi connectivity index (χ1n) is 9.68. The summed E-state index contributed by atoms with van der Waals surface area (Å²) in [5, 5.41) is 0. The number of ketones is 1. The minimum absolute atomic E-state index is 0.00230. The van der Waals surface area contributed by atoms with E-state index in [4.69, 9.17) is 18.9 Å². The molecule has 0 bridgehead atoms. The summed E-state index contributed by atoms with van der Waals surface area (Å²) >= 11 is 0. The fourth-order valence-electron chi connectivity index (χ4n) is 4.48. The molecule has 2 aliphatic heterocycles. The Labute approximate surface area is 161 Å². The van der Waals surface area contributed by atoms with Crippen LogP contribution in [0.4, 0.5) is 4.79 Å². The summed E-state index contributed by atoms with van der Waals surface area (Å²) in [7, 11) is 1.58. The van der Waals surface area contributed by atoms with Crippen LogP contribution in [0.15, 0.2) is 0 Å². The van der Waals surface area contributed by atoms with Crippen LogP contribution in [0, 0.1) is 5.92 Å². The van der Waals surface area contributed by atoms with Crippen molar-refractivity contribution in [3.05, 3.63) is 0 Å². The van der Waals surface area contributed by atoms with Crippen LogP contribution in [0.1, 0.15) is 61.3 Å². The number of rotatable bonds is 2. The fraction of sp³-hybridized carbons (Fsp3) is 0.900. The highest BCUT2D eigenvalue weighted by molar-refractivity contribution is 5.83. The first-order chi connectivity index (χ1) is 12.3. The Bertz CT molecular complexity index is 635. The van der Waals surface area contributed by atoms with E-state index in [-0.39, 0.29) is 5.78 Å². The summed E-state index contributed by atoms with van der Waals surface area (Å²) in [4.78, 5) is 27.3. The molecule has 1 aliphatic carbocycles. The van der Waals surface area contributed by atoms with Gasteiger partial charge in [0.2, 0.25) is 0 Å². The first-order valence-corrected chi connectivity index (χ1v) is 9.68. The van der Waals surface area contributed by atoms with Gasteiger partial charge in [0.25, 0.3) is 0 Å². The zero-order valence-corrected chi connectivity index (χ0v) is 17.8. The lowest BCUT2D eigenvalue weighted by molar-refractivity contribution is -0.394. The lowest BCUT2D eigenvalue weighted by Crippen LogP contribution is -2.72. The van der Waals surface area contributed by atoms with E-state index >= 15 is 0 Å². The van der Waals surface area contributed by atoms with Gasteiger partial charge >= 0.3 is 6.09 Å². The lowest BCUT2D eigenvalue weighted by atomic mass is 9.78. The summed E-state index contributed by atoms with van der Waals surface area (Å²) in [6, 6.07) is 0. The molecule has 0 radical (unpaired) electrons. The highest BCUT2D eigenvalue weighted by atomic mass is 16.7. The molecule has 3 rings (SSSR count). The SMILES string of the molecule is CO[C@@]1(C)O[C@@H]2[C@@H](C(C)=O)C3(CC3)N(C(=O)OC(C)(C)C)C[C@H]2OC1(C)C. The predicted octanol–water partition coefficient (Wildman–Crippen LogP) is 2.90. The number of hydrogen-bond acceptors (Lipinski definition) is 6. The summed E-state index contributed by atoms with van der Waals surface area (Å²) in [5.74, 6) is -1.45. The highest BCUT2D eigenvalue weighted by Gasteiger charge is 2.68. The van der Waals surface area contributed by atoms with Gasteiger partial charge in [-0.1, -0.05) is 0 Å². The smallest absolute Gasteiger partial charge is 0.410 e. The van der Waals surface area contributed by atoms with Crippen LogP contribution < -0.4 is 0 Å². The van der Waals surface area contributed by atoms with Crippen LogP contribution in [0.2, 0.25) is 0 Å². The van der Waals surface area contributed by atoms with Gasteiger partial charge in [0.15, 0.2) is 5.79 Å². The molecule has 154 valence electrons. The molecular formula is C20H33NO6. The fourth-order valence-corrected chi connectivity index (χ4v) is 4.48. The van der Waals surface area contributed by atoms with Crippen molar-refractivity contribution in [2.75, 3.05) is 13.7 Å². The lowest BCUT2D eigenvalue weighted by Gasteiger charge is -2.58. The molecule has 1 amide bonds. The topological polar surface area (TPSA) is 74.3 Å². The monoisotopic (exact) mass is 383 g/mol. The minimum atomic E-state index is -0.980. The van der Waals surface area contributed by atoms with E-state index in [0.717, 1.165) is 12.8 Å². The van der Waals surface area contributed by atoms with Gasteiger partial charge in [-0.3, -0.25) is 9.69 Å². The van der Waals surface area contributed by atoms with E-state index in [1.165, 1.54) is 0 Å². The van der Waals surface area contributed by atoms with Crippen LogP contribution in [0.25, 0.3) is 0 Å². The molecule has 0 aromatic carbocycles. The molecule has 0 aromatic heterocycles. The Morgan fingerprint density at radius 3 is 2.15 bits per heavy atom. The maximum absolute atomic E-state index is 12.9. The maximum atomic E-state index is 12.9. The van der Waals surface area contributed by atoms with Gasteiger partial charge in [-0.25, -0.2) is 4.79 Å². The number of methoxy groups -OCH3 is 1. The van der Waals surface area contributed by atoms with E-state index in [1.54, 1.807) is 18.9 Å². The molecule has 0 aromatic rings. The van der Waals surface area contributed by atoms with Gasteiger partial charge in [0, 0.05) is 7.11 Å². The second kappa shape index (κ2) is 6.16. The van der Waals surface area contributed by atoms with Gasteiger partial charge in [0.05, 0.1) is 18.0 Å². The Morgan fingerprint density at radius 2 is 1.70 bits per heavy atom. The third-order valence-electron chi connectivity index (χ3n) is 6.28. The van der Waals surface area contributed by atoms with Crippen molar-refractivity contribution in [3.63, 3.8) is 0 Å². The molecule has 7 nitrogen and oxygen atoms in total. The molecule has 3 fully saturated rings. The van der Waals surface area contributed by atoms with Crippen LogP contribution in [-0.4, -0.2) is 65.2 Å². The average Bonchev–Trinajstić information content (AvgIpc) is 3.27. The predicted molar refractivity (Wildman–Crippen MR) is 98.3 cm³/mol. The molecule has 7 heteroatoms. The molecule has 1 saturated carbocycles. The van der Waals surface area contributed by atoms with E-state index in [0.29, 0.717) is 6.54 Å². The quantitative estimate of drug-likeness (QED) is 0.730. The van der Waals surface area contributed by atoms with E-state index in [9.17, 15) is 9.59 Å². The van der Waals surface area contributed by atoms with Gasteiger partial charge in [-0.05, 0) is 61.3 Å². The van der Waals surface area contributed by atoms with Crippen molar-refractivity contribution in [1.29, 1.82) is 0 Å². The molecule has 27 heavy (non-hydrogen) atoms. The van der Waals surface area contributed by atoms with Crippen LogP contribution in [-0.2, 0) is 23.7 Å². The van der Waals surface area contributed by atoms with Crippen molar-refractivity contribution < 1.29 is 28.5 Å². The maximum Gasteiger partial charge on any atom is 0.410 e. The number of likely N-dealkylation sites (tertiary alicyclic amines) is 1. The number of carbonyl (C=O) groups excluding carboxylic acids is 2. The third kappa shape index (κ3) is 3.28. The number of piperidine rings is 1. The molecule has 3 aliphatic rings. The van der Waals surface area contributed by atoms with E-state index in [1.807, 2.05) is 41.5 Å². The largest absolute Gasteiger partial charge is 0.444 e. The van der Waals surface area contributed by atoms with Crippen molar-refractivity contribution in [1.82, 2.24) is 4.90 Å². The molecule has 2 saturated heterocycles. The zero-order valence-electron chi connectivity index (χ0n) is 17.8. The number of ether oxygens (including phenoxy) is 4. The highest BCUT2D eigenvalue weighted by Crippen LogP contribution is 2.56. The standard InChI is InChI=1S/C20H33NO6/c1-12(22)14-15-13(25-18(5,6)19(7,24-8)26-15)11-21(20(14)9-10-20)16(23)27-17(2,3)4/h13-15H,9-11H2,1-8H3/t13-,14-,15+,19+/m1/s1. The van der Waals surface area contributed by atoms with Gasteiger partial charge < -0.3 is 18.9 Å². The molecule has 1 spiro atoms. The number of nitrogens with zero attached hydrogens (tertiary/aromatic N) is 1. The number of hydrogen-bond donors (Lipinski definition) is 0. The van der Waals surface area contributed by atoms with Crippen LogP contribution in [0.5, 0.6) is 0 Å². The summed E-state index contributed by atoms with van der Waals surface area (Å²) in [6.07, 6.45) is 0.246. The van der Waals surface area contributed by atoms with Gasteiger partial charge in [-0.2, -0.15) is 0 Å². The van der Waals surface area contributed by atoms with Gasteiger partial charge in [-0.15, -0.1) is 0 Å². The number of Topliss-reactive ketones (excluding diaryl/α,β-unsaturated/α-hetero) is 1.